The second-order valence-corrected chi connectivity index (χ2v) is 10.3. The lowest BCUT2D eigenvalue weighted by Crippen LogP contribution is -1.97. The molecule has 44 heavy (non-hydrogen) atoms. The van der Waals surface area contributed by atoms with E-state index in [2.05, 4.69) is 59.5 Å². The molecule has 5 heteroatoms. The molecule has 0 aliphatic carbocycles. The molecule has 0 unspecified atom stereocenters. The first-order chi connectivity index (χ1) is 21.6. The third-order valence-electron chi connectivity index (χ3n) is 7.29. The Bertz CT molecular complexity index is 2060. The number of furan rings is 1. The van der Waals surface area contributed by atoms with Gasteiger partial charge in [0, 0.05) is 27.5 Å². The van der Waals surface area contributed by atoms with Crippen LogP contribution in [0.4, 0.5) is 0 Å². The van der Waals surface area contributed by atoms with Gasteiger partial charge in [0.1, 0.15) is 17.5 Å². The molecule has 6 rings (SSSR count). The summed E-state index contributed by atoms with van der Waals surface area (Å²) < 4.78 is 11.9. The fraction of sp³-hybridized carbons (Fsp3) is 0.0513. The first kappa shape index (κ1) is 28.3. The standard InChI is InChI=1S/C39H31N3O2/c1-4-5-12-27(2)13-11-24-43-25-28(3)31-14-6-7-16-35(31)39-41-26-40-38(42-39)30-22-20-29(21-23-30)32-17-10-18-34-33-15-8-9-19-36(33)44-37(32)34/h4-12,14-26H,1-2,13H2,3H3/b12-5-,24-11+,28-25-. The van der Waals surface area contributed by atoms with Crippen LogP contribution in [0.25, 0.3) is 61.4 Å². The van der Waals surface area contributed by atoms with Gasteiger partial charge >= 0.3 is 0 Å². The molecule has 0 aliphatic rings. The number of hydrogen-bond acceptors (Lipinski definition) is 5. The van der Waals surface area contributed by atoms with Crippen molar-refractivity contribution in [1.29, 1.82) is 0 Å². The summed E-state index contributed by atoms with van der Waals surface area (Å²) >= 11 is 0. The van der Waals surface area contributed by atoms with Crippen molar-refractivity contribution in [1.82, 2.24) is 15.0 Å². The highest BCUT2D eigenvalue weighted by atomic mass is 16.5. The molecule has 0 atom stereocenters. The van der Waals surface area contributed by atoms with Crippen molar-refractivity contribution in [2.75, 3.05) is 0 Å². The van der Waals surface area contributed by atoms with Gasteiger partial charge in [0.05, 0.1) is 12.5 Å². The predicted octanol–water partition coefficient (Wildman–Crippen LogP) is 10.4. The Morgan fingerprint density at radius 2 is 1.55 bits per heavy atom. The van der Waals surface area contributed by atoms with E-state index in [9.17, 15) is 0 Å². The van der Waals surface area contributed by atoms with Gasteiger partial charge in [0.2, 0.25) is 0 Å². The van der Waals surface area contributed by atoms with E-state index in [-0.39, 0.29) is 0 Å². The van der Waals surface area contributed by atoms with Gasteiger partial charge in [-0.15, -0.1) is 0 Å². The van der Waals surface area contributed by atoms with Crippen LogP contribution in [0.2, 0.25) is 0 Å². The van der Waals surface area contributed by atoms with Gasteiger partial charge in [-0.1, -0.05) is 122 Å². The highest BCUT2D eigenvalue weighted by molar-refractivity contribution is 6.09. The Morgan fingerprint density at radius 3 is 2.41 bits per heavy atom. The molecule has 0 aliphatic heterocycles. The molecule has 0 amide bonds. The number of fused-ring (bicyclic) bond motifs is 3. The average molecular weight is 574 g/mol. The predicted molar refractivity (Wildman–Crippen MR) is 180 cm³/mol. The van der Waals surface area contributed by atoms with Gasteiger partial charge in [-0.25, -0.2) is 15.0 Å². The molecule has 2 aromatic heterocycles. The minimum atomic E-state index is 0.593. The van der Waals surface area contributed by atoms with Crippen LogP contribution in [0, 0.1) is 0 Å². The van der Waals surface area contributed by atoms with Crippen molar-refractivity contribution in [3.63, 3.8) is 0 Å². The van der Waals surface area contributed by atoms with Gasteiger partial charge in [0.25, 0.3) is 0 Å². The molecule has 4 aromatic carbocycles. The van der Waals surface area contributed by atoms with Crippen molar-refractivity contribution in [3.05, 3.63) is 158 Å². The summed E-state index contributed by atoms with van der Waals surface area (Å²) in [5.41, 5.74) is 8.57. The van der Waals surface area contributed by atoms with Gasteiger partial charge in [-0.3, -0.25) is 0 Å². The Labute approximate surface area is 256 Å². The number of allylic oxidation sites excluding steroid dienone is 6. The summed E-state index contributed by atoms with van der Waals surface area (Å²) in [6.45, 7) is 9.68. The van der Waals surface area contributed by atoms with E-state index >= 15 is 0 Å². The zero-order valence-corrected chi connectivity index (χ0v) is 24.5. The Hall–Kier alpha value is -5.81. The molecule has 0 N–H and O–H groups in total. The van der Waals surface area contributed by atoms with Crippen LogP contribution >= 0.6 is 0 Å². The van der Waals surface area contributed by atoms with E-state index in [0.717, 1.165) is 60.9 Å². The van der Waals surface area contributed by atoms with E-state index in [1.807, 2.05) is 79.7 Å². The van der Waals surface area contributed by atoms with Crippen molar-refractivity contribution in [3.8, 4) is 33.9 Å². The zero-order valence-electron chi connectivity index (χ0n) is 24.5. The summed E-state index contributed by atoms with van der Waals surface area (Å²) in [7, 11) is 0. The zero-order chi connectivity index (χ0) is 30.3. The molecule has 0 saturated heterocycles. The molecular formula is C39H31N3O2. The average Bonchev–Trinajstić information content (AvgIpc) is 3.46. The number of ether oxygens (including phenoxy) is 1. The van der Waals surface area contributed by atoms with E-state index in [4.69, 9.17) is 14.1 Å². The summed E-state index contributed by atoms with van der Waals surface area (Å²) in [4.78, 5) is 13.8. The van der Waals surface area contributed by atoms with Crippen LogP contribution in [-0.2, 0) is 4.74 Å². The first-order valence-electron chi connectivity index (χ1n) is 14.4. The fourth-order valence-corrected chi connectivity index (χ4v) is 5.09. The Morgan fingerprint density at radius 1 is 0.818 bits per heavy atom. The summed E-state index contributed by atoms with van der Waals surface area (Å²) in [6.07, 6.45) is 13.1. The maximum Gasteiger partial charge on any atom is 0.163 e. The minimum Gasteiger partial charge on any atom is -0.473 e. The molecule has 2 heterocycles. The third kappa shape index (κ3) is 6.03. The second kappa shape index (κ2) is 13.0. The molecule has 6 aromatic rings. The smallest absolute Gasteiger partial charge is 0.163 e. The normalized spacial score (nSPS) is 12.0. The van der Waals surface area contributed by atoms with Crippen LogP contribution < -0.4 is 0 Å². The van der Waals surface area contributed by atoms with Gasteiger partial charge < -0.3 is 9.15 Å². The quantitative estimate of drug-likeness (QED) is 0.120. The first-order valence-corrected chi connectivity index (χ1v) is 14.4. The number of rotatable bonds is 10. The number of hydrogen-bond donors (Lipinski definition) is 0. The maximum atomic E-state index is 6.25. The van der Waals surface area contributed by atoms with Crippen molar-refractivity contribution in [2.24, 2.45) is 0 Å². The number of benzene rings is 4. The summed E-state index contributed by atoms with van der Waals surface area (Å²) in [5, 5.41) is 2.22. The fourth-order valence-electron chi connectivity index (χ4n) is 5.09. The SMILES string of the molecule is C=C/C=C\C(=C)C/C=C/O/C=C(/C)c1ccccc1-c1ncnc(-c2ccc(-c3cccc4c3oc3ccccc34)cc2)n1. The van der Waals surface area contributed by atoms with Gasteiger partial charge in [-0.05, 0) is 42.2 Å². The van der Waals surface area contributed by atoms with Crippen LogP contribution in [0.1, 0.15) is 18.9 Å². The van der Waals surface area contributed by atoms with Crippen molar-refractivity contribution >= 4 is 27.5 Å². The Balaban J connectivity index is 1.23. The lowest BCUT2D eigenvalue weighted by Gasteiger charge is -2.10. The lowest BCUT2D eigenvalue weighted by atomic mass is 10.0. The van der Waals surface area contributed by atoms with Crippen molar-refractivity contribution < 1.29 is 9.15 Å². The highest BCUT2D eigenvalue weighted by Gasteiger charge is 2.14. The topological polar surface area (TPSA) is 61.0 Å². The van der Waals surface area contributed by atoms with Crippen LogP contribution in [0.15, 0.2) is 157 Å². The number of para-hydroxylation sites is 2. The summed E-state index contributed by atoms with van der Waals surface area (Å²) in [5.74, 6) is 1.19. The summed E-state index contributed by atoms with van der Waals surface area (Å²) in [6, 6.07) is 30.6. The Kier molecular flexibility index (Phi) is 8.37. The molecule has 0 radical (unpaired) electrons. The van der Waals surface area contributed by atoms with Gasteiger partial charge in [-0.2, -0.15) is 0 Å². The molecule has 0 bridgehead atoms. The number of nitrogens with zero attached hydrogens (tertiary/aromatic N) is 3. The monoisotopic (exact) mass is 573 g/mol. The van der Waals surface area contributed by atoms with Crippen LogP contribution in [-0.4, -0.2) is 15.0 Å². The highest BCUT2D eigenvalue weighted by Crippen LogP contribution is 2.36. The van der Waals surface area contributed by atoms with Crippen LogP contribution in [0.5, 0.6) is 0 Å². The molecule has 5 nitrogen and oxygen atoms in total. The second-order valence-electron chi connectivity index (χ2n) is 10.3. The van der Waals surface area contributed by atoms with Crippen molar-refractivity contribution in [2.45, 2.75) is 13.3 Å². The van der Waals surface area contributed by atoms with E-state index in [0.29, 0.717) is 18.1 Å². The lowest BCUT2D eigenvalue weighted by molar-refractivity contribution is 0.403. The molecule has 0 saturated carbocycles. The maximum absolute atomic E-state index is 6.25. The minimum absolute atomic E-state index is 0.593. The van der Waals surface area contributed by atoms with Crippen LogP contribution in [0.3, 0.4) is 0 Å². The molecular weight excluding hydrogens is 542 g/mol. The third-order valence-corrected chi connectivity index (χ3v) is 7.29. The van der Waals surface area contributed by atoms with E-state index in [1.165, 1.54) is 0 Å². The molecule has 0 spiro atoms. The number of aromatic nitrogens is 3. The molecule has 0 fully saturated rings. The molecule has 214 valence electrons. The largest absolute Gasteiger partial charge is 0.473 e. The van der Waals surface area contributed by atoms with E-state index in [1.54, 1.807) is 24.9 Å². The van der Waals surface area contributed by atoms with E-state index < -0.39 is 0 Å². The van der Waals surface area contributed by atoms with Gasteiger partial charge in [0.15, 0.2) is 11.6 Å².